The second-order valence-electron chi connectivity index (χ2n) is 8.36. The molecule has 0 aliphatic heterocycles. The number of ketones is 1. The van der Waals surface area contributed by atoms with Crippen LogP contribution in [0.2, 0.25) is 0 Å². The maximum atomic E-state index is 11.3. The molecule has 0 rings (SSSR count). The number of hydrogen-bond donors (Lipinski definition) is 1. The van der Waals surface area contributed by atoms with Crippen molar-refractivity contribution >= 4 is 17.4 Å². The maximum Gasteiger partial charge on any atom is 0.164 e. The highest BCUT2D eigenvalue weighted by Crippen LogP contribution is 2.15. The molecule has 0 aliphatic carbocycles. The molecule has 0 saturated heterocycles. The summed E-state index contributed by atoms with van der Waals surface area (Å²) in [5.41, 5.74) is 5.77. The smallest absolute Gasteiger partial charge is 0.164 e. The summed E-state index contributed by atoms with van der Waals surface area (Å²) in [5.74, 6) is 0.0411. The number of unbranched alkanes of at least 4 members (excludes halogenated alkanes) is 18. The third-order valence-electron chi connectivity index (χ3n) is 5.66. The van der Waals surface area contributed by atoms with E-state index in [2.05, 4.69) is 6.92 Å². The summed E-state index contributed by atoms with van der Waals surface area (Å²) >= 11 is 5.51. The normalized spacial score (nSPS) is 12.4. The largest absolute Gasteiger partial charge is 0.321 e. The molecule has 0 radical (unpaired) electrons. The molecule has 0 saturated carbocycles. The molecular weight excluding hydrogens is 354 g/mol. The first-order chi connectivity index (χ1) is 13.2. The van der Waals surface area contributed by atoms with Crippen LogP contribution in [0.4, 0.5) is 0 Å². The third-order valence-corrected chi connectivity index (χ3v) is 5.93. The Bertz CT molecular complexity index is 309. The number of nitrogens with two attached hydrogens (primary N) is 1. The van der Waals surface area contributed by atoms with Gasteiger partial charge in [-0.25, -0.2) is 0 Å². The molecule has 27 heavy (non-hydrogen) atoms. The fraction of sp³-hybridized carbons (Fsp3) is 0.958. The monoisotopic (exact) mass is 401 g/mol. The number of hydrogen-bond acceptors (Lipinski definition) is 2. The van der Waals surface area contributed by atoms with Crippen LogP contribution < -0.4 is 5.73 Å². The average molecular weight is 402 g/mol. The summed E-state index contributed by atoms with van der Waals surface area (Å²) in [4.78, 5) is 11.3. The zero-order valence-corrected chi connectivity index (χ0v) is 19.0. The van der Waals surface area contributed by atoms with Crippen LogP contribution in [0.5, 0.6) is 0 Å². The van der Waals surface area contributed by atoms with Gasteiger partial charge in [-0.15, -0.1) is 11.6 Å². The van der Waals surface area contributed by atoms with E-state index in [9.17, 15) is 4.79 Å². The molecular formula is C24H48ClNO. The van der Waals surface area contributed by atoms with Gasteiger partial charge in [0.15, 0.2) is 5.78 Å². The molecule has 1 atom stereocenters. The Labute approximate surface area is 175 Å². The van der Waals surface area contributed by atoms with Crippen molar-refractivity contribution in [1.29, 1.82) is 0 Å². The summed E-state index contributed by atoms with van der Waals surface area (Å²) < 4.78 is 0. The number of rotatable bonds is 22. The topological polar surface area (TPSA) is 43.1 Å². The van der Waals surface area contributed by atoms with Gasteiger partial charge in [-0.3, -0.25) is 4.79 Å². The molecule has 3 heteroatoms. The van der Waals surface area contributed by atoms with E-state index in [1.165, 1.54) is 116 Å². The van der Waals surface area contributed by atoms with Crippen molar-refractivity contribution in [3.8, 4) is 0 Å². The van der Waals surface area contributed by atoms with Gasteiger partial charge in [0.05, 0.1) is 11.9 Å². The van der Waals surface area contributed by atoms with Gasteiger partial charge in [0.25, 0.3) is 0 Å². The van der Waals surface area contributed by atoms with Crippen molar-refractivity contribution in [1.82, 2.24) is 0 Å². The lowest BCUT2D eigenvalue weighted by Gasteiger charge is -2.08. The molecule has 0 amide bonds. The zero-order chi connectivity index (χ0) is 20.0. The van der Waals surface area contributed by atoms with Gasteiger partial charge in [-0.2, -0.15) is 0 Å². The molecule has 1 unspecified atom stereocenters. The van der Waals surface area contributed by atoms with Crippen molar-refractivity contribution < 1.29 is 4.79 Å². The number of carbonyl (C=O) groups excluding carboxylic acids is 1. The fourth-order valence-electron chi connectivity index (χ4n) is 3.70. The second-order valence-corrected chi connectivity index (χ2v) is 8.63. The first kappa shape index (κ1) is 26.9. The standard InChI is InChI=1S/C24H48ClNO/c1-2-3-4-5-6-7-8-9-10-11-12-13-14-15-16-17-18-19-20-21-23(26)24(27)22-25/h23H,2-22,26H2,1H3. The van der Waals surface area contributed by atoms with Crippen molar-refractivity contribution in [3.63, 3.8) is 0 Å². The minimum Gasteiger partial charge on any atom is -0.321 e. The van der Waals surface area contributed by atoms with E-state index in [-0.39, 0.29) is 17.7 Å². The van der Waals surface area contributed by atoms with Gasteiger partial charge >= 0.3 is 0 Å². The summed E-state index contributed by atoms with van der Waals surface area (Å²) in [7, 11) is 0. The van der Waals surface area contributed by atoms with Crippen LogP contribution in [-0.2, 0) is 4.79 Å². The lowest BCUT2D eigenvalue weighted by atomic mass is 10.0. The summed E-state index contributed by atoms with van der Waals surface area (Å²) in [6.45, 7) is 2.29. The van der Waals surface area contributed by atoms with Crippen LogP contribution in [0.15, 0.2) is 0 Å². The molecule has 0 aromatic carbocycles. The lowest BCUT2D eigenvalue weighted by molar-refractivity contribution is -0.118. The number of Topliss-reactive ketones (excluding diaryl/α,β-unsaturated/α-hetero) is 1. The SMILES string of the molecule is CCCCCCCCCCCCCCCCCCCCCC(N)C(=O)CCl. The predicted octanol–water partition coefficient (Wildman–Crippen LogP) is 7.94. The minimum absolute atomic E-state index is 0.0147. The third kappa shape index (κ3) is 20.5. The molecule has 0 heterocycles. The van der Waals surface area contributed by atoms with Crippen LogP contribution in [0.1, 0.15) is 135 Å². The quantitative estimate of drug-likeness (QED) is 0.148. The molecule has 0 fully saturated rings. The highest BCUT2D eigenvalue weighted by Gasteiger charge is 2.10. The van der Waals surface area contributed by atoms with E-state index in [4.69, 9.17) is 17.3 Å². The Morgan fingerprint density at radius 2 is 0.926 bits per heavy atom. The zero-order valence-electron chi connectivity index (χ0n) is 18.3. The Morgan fingerprint density at radius 1 is 0.630 bits per heavy atom. The van der Waals surface area contributed by atoms with E-state index < -0.39 is 0 Å². The van der Waals surface area contributed by atoms with Crippen molar-refractivity contribution in [2.75, 3.05) is 5.88 Å². The van der Waals surface area contributed by atoms with E-state index in [0.717, 1.165) is 12.8 Å². The molecule has 0 spiro atoms. The Balaban J connectivity index is 3.08. The van der Waals surface area contributed by atoms with Crippen LogP contribution in [0.25, 0.3) is 0 Å². The average Bonchev–Trinajstić information content (AvgIpc) is 2.68. The second kappa shape index (κ2) is 22.2. The number of carbonyl (C=O) groups is 1. The molecule has 2 nitrogen and oxygen atoms in total. The first-order valence-electron chi connectivity index (χ1n) is 12.1. The van der Waals surface area contributed by atoms with E-state index in [1.54, 1.807) is 0 Å². The Morgan fingerprint density at radius 3 is 1.22 bits per heavy atom. The van der Waals surface area contributed by atoms with Crippen LogP contribution in [0, 0.1) is 0 Å². The number of halogens is 1. The van der Waals surface area contributed by atoms with E-state index in [1.807, 2.05) is 0 Å². The van der Waals surface area contributed by atoms with Crippen LogP contribution in [-0.4, -0.2) is 17.7 Å². The Kier molecular flexibility index (Phi) is 22.1. The highest BCUT2D eigenvalue weighted by molar-refractivity contribution is 6.28. The molecule has 0 aromatic heterocycles. The van der Waals surface area contributed by atoms with Crippen molar-refractivity contribution in [3.05, 3.63) is 0 Å². The van der Waals surface area contributed by atoms with E-state index in [0.29, 0.717) is 0 Å². The minimum atomic E-state index is -0.340. The maximum absolute atomic E-state index is 11.3. The van der Waals surface area contributed by atoms with Crippen molar-refractivity contribution in [2.24, 2.45) is 5.73 Å². The summed E-state index contributed by atoms with van der Waals surface area (Å²) in [6, 6.07) is -0.340. The Hall–Kier alpha value is -0.0800. The van der Waals surface area contributed by atoms with Gasteiger partial charge in [-0.05, 0) is 6.42 Å². The summed E-state index contributed by atoms with van der Waals surface area (Å²) in [5, 5.41) is 0. The van der Waals surface area contributed by atoms with Gasteiger partial charge in [0.1, 0.15) is 0 Å². The van der Waals surface area contributed by atoms with Gasteiger partial charge in [0.2, 0.25) is 0 Å². The molecule has 0 aliphatic rings. The predicted molar refractivity (Wildman–Crippen MR) is 122 cm³/mol. The van der Waals surface area contributed by atoms with Gasteiger partial charge in [0, 0.05) is 0 Å². The molecule has 2 N–H and O–H groups in total. The highest BCUT2D eigenvalue weighted by atomic mass is 35.5. The van der Waals surface area contributed by atoms with Crippen LogP contribution >= 0.6 is 11.6 Å². The molecule has 0 aromatic rings. The number of alkyl halides is 1. The van der Waals surface area contributed by atoms with Gasteiger partial charge < -0.3 is 5.73 Å². The fourth-order valence-corrected chi connectivity index (χ4v) is 3.90. The lowest BCUT2D eigenvalue weighted by Crippen LogP contribution is -2.31. The van der Waals surface area contributed by atoms with E-state index >= 15 is 0 Å². The van der Waals surface area contributed by atoms with Crippen molar-refractivity contribution in [2.45, 2.75) is 141 Å². The first-order valence-corrected chi connectivity index (χ1v) is 12.6. The summed E-state index contributed by atoms with van der Waals surface area (Å²) in [6.07, 6.45) is 27.1. The van der Waals surface area contributed by atoms with Gasteiger partial charge in [-0.1, -0.05) is 129 Å². The van der Waals surface area contributed by atoms with Crippen LogP contribution in [0.3, 0.4) is 0 Å². The molecule has 162 valence electrons. The molecule has 0 bridgehead atoms.